The van der Waals surface area contributed by atoms with Crippen LogP contribution in [0.1, 0.15) is 52.0 Å². The third-order valence-electron chi connectivity index (χ3n) is 4.19. The molecule has 0 aromatic carbocycles. The number of rotatable bonds is 6. The maximum absolute atomic E-state index is 11.9. The summed E-state index contributed by atoms with van der Waals surface area (Å²) in [7, 11) is 0. The molecule has 0 spiro atoms. The van der Waals surface area contributed by atoms with E-state index in [9.17, 15) is 9.59 Å². The Balaban J connectivity index is 1.85. The number of carbonyl (C=O) groups excluding carboxylic acids is 2. The molecule has 144 valence electrons. The van der Waals surface area contributed by atoms with E-state index in [1.165, 1.54) is 0 Å². The van der Waals surface area contributed by atoms with Crippen LogP contribution in [0.3, 0.4) is 0 Å². The minimum absolute atomic E-state index is 0.0339. The monoisotopic (exact) mass is 372 g/mol. The van der Waals surface area contributed by atoms with Gasteiger partial charge in [-0.25, -0.2) is 0 Å². The molecule has 0 bridgehead atoms. The second-order valence-corrected chi connectivity index (χ2v) is 6.35. The number of hydrogen-bond acceptors (Lipinski definition) is 8. The van der Waals surface area contributed by atoms with Gasteiger partial charge in [-0.2, -0.15) is 0 Å². The average Bonchev–Trinajstić information content (AvgIpc) is 2.59. The summed E-state index contributed by atoms with van der Waals surface area (Å²) in [6, 6.07) is 0. The highest BCUT2D eigenvalue weighted by Crippen LogP contribution is 2.10. The van der Waals surface area contributed by atoms with Crippen molar-refractivity contribution < 1.29 is 19.1 Å². The second-order valence-electron chi connectivity index (χ2n) is 6.35. The van der Waals surface area contributed by atoms with Crippen molar-refractivity contribution in [1.29, 1.82) is 0 Å². The zero-order valence-corrected chi connectivity index (χ0v) is 16.5. The van der Waals surface area contributed by atoms with Crippen LogP contribution in [0.15, 0.2) is 0 Å². The van der Waals surface area contributed by atoms with Crippen LogP contribution in [0.4, 0.5) is 0 Å². The van der Waals surface area contributed by atoms with E-state index < -0.39 is 18.4 Å². The first-order valence-corrected chi connectivity index (χ1v) is 8.60. The maximum atomic E-state index is 11.9. The summed E-state index contributed by atoms with van der Waals surface area (Å²) < 4.78 is 10.2. The maximum Gasteiger partial charge on any atom is 0.317 e. The normalized spacial score (nSPS) is 10.6. The molecule has 0 fully saturated rings. The van der Waals surface area contributed by atoms with Gasteiger partial charge in [-0.05, 0) is 41.5 Å². The van der Waals surface area contributed by atoms with Crippen molar-refractivity contribution in [2.24, 2.45) is 0 Å². The Morgan fingerprint density at radius 2 is 0.926 bits per heavy atom. The van der Waals surface area contributed by atoms with Gasteiger partial charge in [0.2, 0.25) is 0 Å². The van der Waals surface area contributed by atoms with Crippen LogP contribution in [0, 0.1) is 41.5 Å². The highest BCUT2D eigenvalue weighted by Gasteiger charge is 2.15. The van der Waals surface area contributed by atoms with E-state index in [-0.39, 0.29) is 13.2 Å². The summed E-state index contributed by atoms with van der Waals surface area (Å²) in [6.45, 7) is 10.9. The fourth-order valence-corrected chi connectivity index (χ4v) is 2.31. The van der Waals surface area contributed by atoms with Gasteiger partial charge in [0, 0.05) is 0 Å². The smallest absolute Gasteiger partial charge is 0.317 e. The van der Waals surface area contributed by atoms with Gasteiger partial charge in [0.25, 0.3) is 0 Å². The van der Waals surface area contributed by atoms with E-state index in [2.05, 4.69) is 19.9 Å². The van der Waals surface area contributed by atoms with Crippen LogP contribution >= 0.6 is 0 Å². The molecular weight excluding hydrogens is 348 g/mol. The zero-order valence-electron chi connectivity index (χ0n) is 16.5. The van der Waals surface area contributed by atoms with E-state index >= 15 is 0 Å². The molecule has 0 saturated heterocycles. The molecule has 0 aliphatic rings. The lowest BCUT2D eigenvalue weighted by Gasteiger charge is -2.10. The summed E-state index contributed by atoms with van der Waals surface area (Å²) >= 11 is 0. The summed E-state index contributed by atoms with van der Waals surface area (Å²) in [5.74, 6) is -1.36. The third-order valence-corrected chi connectivity index (χ3v) is 4.19. The molecule has 27 heavy (non-hydrogen) atoms. The van der Waals surface area contributed by atoms with Crippen LogP contribution in [-0.4, -0.2) is 31.9 Å². The van der Waals surface area contributed by atoms with Gasteiger partial charge in [0.1, 0.15) is 19.6 Å². The number of nitrogens with zero attached hydrogens (tertiary/aromatic N) is 4. The molecule has 2 rings (SSSR count). The van der Waals surface area contributed by atoms with Crippen molar-refractivity contribution in [3.8, 4) is 0 Å². The van der Waals surface area contributed by atoms with Crippen LogP contribution in [-0.2, 0) is 32.3 Å². The Morgan fingerprint density at radius 1 is 0.593 bits per heavy atom. The Labute approximate surface area is 158 Å². The Morgan fingerprint density at radius 3 is 1.30 bits per heavy atom. The van der Waals surface area contributed by atoms with Crippen LogP contribution in [0.5, 0.6) is 0 Å². The lowest BCUT2D eigenvalue weighted by Crippen LogP contribution is -2.16. The molecule has 8 heteroatoms. The van der Waals surface area contributed by atoms with Crippen molar-refractivity contribution in [2.75, 3.05) is 0 Å². The molecule has 8 nitrogen and oxygen atoms in total. The predicted molar refractivity (Wildman–Crippen MR) is 96.7 cm³/mol. The lowest BCUT2D eigenvalue weighted by molar-refractivity contribution is -0.156. The van der Waals surface area contributed by atoms with Gasteiger partial charge >= 0.3 is 11.9 Å². The van der Waals surface area contributed by atoms with Gasteiger partial charge in [-0.1, -0.05) is 0 Å². The Bertz CT molecular complexity index is 809. The second kappa shape index (κ2) is 8.66. The first-order chi connectivity index (χ1) is 12.7. The van der Waals surface area contributed by atoms with E-state index in [1.54, 1.807) is 13.8 Å². The molecular formula is C19H24N4O4. The largest absolute Gasteiger partial charge is 0.459 e. The molecule has 0 saturated carbocycles. The van der Waals surface area contributed by atoms with Gasteiger partial charge in [0.15, 0.2) is 0 Å². The summed E-state index contributed by atoms with van der Waals surface area (Å²) in [5.41, 5.74) is 5.73. The number of carbonyl (C=O) groups is 2. The lowest BCUT2D eigenvalue weighted by atomic mass is 10.2. The molecule has 2 aromatic rings. The Kier molecular flexibility index (Phi) is 6.55. The third kappa shape index (κ3) is 5.54. The first kappa shape index (κ1) is 20.4. The highest BCUT2D eigenvalue weighted by atomic mass is 16.6. The quantitative estimate of drug-likeness (QED) is 0.562. The van der Waals surface area contributed by atoms with Gasteiger partial charge < -0.3 is 9.47 Å². The topological polar surface area (TPSA) is 104 Å². The molecule has 0 aliphatic carbocycles. The van der Waals surface area contributed by atoms with Crippen molar-refractivity contribution in [2.45, 2.75) is 61.2 Å². The van der Waals surface area contributed by atoms with Crippen LogP contribution in [0.25, 0.3) is 0 Å². The first-order valence-electron chi connectivity index (χ1n) is 8.60. The van der Waals surface area contributed by atoms with Crippen molar-refractivity contribution >= 4 is 11.9 Å². The molecule has 0 aliphatic heterocycles. The summed E-state index contributed by atoms with van der Waals surface area (Å²) in [4.78, 5) is 41.1. The van der Waals surface area contributed by atoms with Gasteiger partial charge in [0.05, 0.1) is 45.6 Å². The van der Waals surface area contributed by atoms with Crippen LogP contribution in [0.2, 0.25) is 0 Å². The average molecular weight is 372 g/mol. The zero-order chi connectivity index (χ0) is 20.1. The minimum atomic E-state index is -0.678. The highest BCUT2D eigenvalue weighted by molar-refractivity contribution is 5.91. The number of esters is 2. The van der Waals surface area contributed by atoms with E-state index in [4.69, 9.17) is 9.47 Å². The van der Waals surface area contributed by atoms with Gasteiger partial charge in [-0.3, -0.25) is 29.5 Å². The molecule has 2 heterocycles. The SMILES string of the molecule is Cc1nc(C)c(COC(=O)CC(=O)OCc2nc(C)c(C)nc2C)nc1C. The summed E-state index contributed by atoms with van der Waals surface area (Å²) in [6.07, 6.45) is -0.478. The van der Waals surface area contributed by atoms with Crippen molar-refractivity contribution in [3.63, 3.8) is 0 Å². The number of aromatic nitrogens is 4. The number of aryl methyl sites for hydroxylation is 6. The fraction of sp³-hybridized carbons (Fsp3) is 0.474. The van der Waals surface area contributed by atoms with Crippen LogP contribution < -0.4 is 0 Å². The summed E-state index contributed by atoms with van der Waals surface area (Å²) in [5, 5.41) is 0. The van der Waals surface area contributed by atoms with E-state index in [1.807, 2.05) is 27.7 Å². The fourth-order valence-electron chi connectivity index (χ4n) is 2.31. The number of hydrogen-bond donors (Lipinski definition) is 0. The molecule has 0 unspecified atom stereocenters. The molecule has 0 amide bonds. The van der Waals surface area contributed by atoms with Crippen molar-refractivity contribution in [1.82, 2.24) is 19.9 Å². The molecule has 0 N–H and O–H groups in total. The number of ether oxygens (including phenoxy) is 2. The Hall–Kier alpha value is -2.90. The molecule has 0 radical (unpaired) electrons. The van der Waals surface area contributed by atoms with Crippen molar-refractivity contribution in [3.05, 3.63) is 45.6 Å². The van der Waals surface area contributed by atoms with Gasteiger partial charge in [-0.15, -0.1) is 0 Å². The predicted octanol–water partition coefficient (Wildman–Crippen LogP) is 2.29. The standard InChI is InChI=1S/C19H24N4O4/c1-10-12(3)22-16(14(5)20-10)8-26-18(24)7-19(25)27-9-17-15(6)21-11(2)13(4)23-17/h7-9H2,1-6H3. The minimum Gasteiger partial charge on any atom is -0.459 e. The van der Waals surface area contributed by atoms with E-state index in [0.29, 0.717) is 22.8 Å². The molecule has 2 aromatic heterocycles. The van der Waals surface area contributed by atoms with E-state index in [0.717, 1.165) is 22.8 Å². The molecule has 0 atom stereocenters.